The summed E-state index contributed by atoms with van der Waals surface area (Å²) in [5.41, 5.74) is 2.38. The van der Waals surface area contributed by atoms with E-state index in [0.29, 0.717) is 24.4 Å². The average molecular weight is 368 g/mol. The van der Waals surface area contributed by atoms with Gasteiger partial charge in [-0.25, -0.2) is 0 Å². The fraction of sp³-hybridized carbons (Fsp3) is 0.333. The Kier molecular flexibility index (Phi) is 6.57. The predicted molar refractivity (Wildman–Crippen MR) is 102 cm³/mol. The maximum atomic E-state index is 12.4. The number of carboxylic acid groups (broad SMARTS) is 1. The van der Waals surface area contributed by atoms with Crippen molar-refractivity contribution >= 4 is 17.6 Å². The minimum Gasteiger partial charge on any atom is -0.481 e. The van der Waals surface area contributed by atoms with E-state index in [1.165, 1.54) is 5.56 Å². The molecule has 1 aliphatic heterocycles. The molecule has 142 valence electrons. The lowest BCUT2D eigenvalue weighted by Crippen LogP contribution is -2.43. The van der Waals surface area contributed by atoms with Crippen molar-refractivity contribution in [3.05, 3.63) is 65.7 Å². The van der Waals surface area contributed by atoms with E-state index >= 15 is 0 Å². The number of hydrogen-bond acceptors (Lipinski definition) is 4. The third-order valence-corrected chi connectivity index (χ3v) is 4.52. The highest BCUT2D eigenvalue weighted by Crippen LogP contribution is 2.18. The van der Waals surface area contributed by atoms with Gasteiger partial charge in [-0.1, -0.05) is 48.5 Å². The molecule has 0 bridgehead atoms. The van der Waals surface area contributed by atoms with Gasteiger partial charge < -0.3 is 15.2 Å². The third kappa shape index (κ3) is 5.91. The Balaban J connectivity index is 1.54. The highest BCUT2D eigenvalue weighted by Gasteiger charge is 2.23. The zero-order valence-corrected chi connectivity index (χ0v) is 15.1. The van der Waals surface area contributed by atoms with Crippen LogP contribution in [0.15, 0.2) is 54.6 Å². The van der Waals surface area contributed by atoms with Gasteiger partial charge in [0.1, 0.15) is 0 Å². The van der Waals surface area contributed by atoms with Crippen LogP contribution in [0.25, 0.3) is 0 Å². The van der Waals surface area contributed by atoms with Crippen molar-refractivity contribution in [1.29, 1.82) is 0 Å². The summed E-state index contributed by atoms with van der Waals surface area (Å²) in [5, 5.41) is 11.8. The van der Waals surface area contributed by atoms with Gasteiger partial charge in [0.25, 0.3) is 0 Å². The summed E-state index contributed by atoms with van der Waals surface area (Å²) in [6.45, 7) is 2.97. The maximum absolute atomic E-state index is 12.4. The second-order valence-corrected chi connectivity index (χ2v) is 6.69. The first-order valence-corrected chi connectivity index (χ1v) is 9.07. The average Bonchev–Trinajstić information content (AvgIpc) is 2.64. The number of carboxylic acids is 1. The second kappa shape index (κ2) is 9.30. The Morgan fingerprint density at radius 1 is 1.11 bits per heavy atom. The fourth-order valence-corrected chi connectivity index (χ4v) is 3.26. The summed E-state index contributed by atoms with van der Waals surface area (Å²) in [6.07, 6.45) is -0.0532. The zero-order valence-electron chi connectivity index (χ0n) is 15.1. The Bertz CT molecular complexity index is 779. The number of hydrogen-bond donors (Lipinski definition) is 2. The number of para-hydroxylation sites is 1. The van der Waals surface area contributed by atoms with Crippen LogP contribution in [0.3, 0.4) is 0 Å². The number of nitrogens with one attached hydrogen (secondary N) is 1. The lowest BCUT2D eigenvalue weighted by Gasteiger charge is -2.32. The van der Waals surface area contributed by atoms with Crippen LogP contribution in [0.1, 0.15) is 17.5 Å². The Hall–Kier alpha value is -2.70. The van der Waals surface area contributed by atoms with Crippen LogP contribution in [0.5, 0.6) is 0 Å². The Labute approximate surface area is 158 Å². The van der Waals surface area contributed by atoms with Gasteiger partial charge in [0.15, 0.2) is 0 Å². The molecular weight excluding hydrogens is 344 g/mol. The molecule has 1 fully saturated rings. The van der Waals surface area contributed by atoms with Gasteiger partial charge in [0, 0.05) is 25.3 Å². The van der Waals surface area contributed by atoms with Gasteiger partial charge in [-0.2, -0.15) is 0 Å². The van der Waals surface area contributed by atoms with E-state index in [2.05, 4.69) is 22.3 Å². The van der Waals surface area contributed by atoms with Gasteiger partial charge in [-0.15, -0.1) is 0 Å². The van der Waals surface area contributed by atoms with E-state index in [1.807, 2.05) is 18.2 Å². The van der Waals surface area contributed by atoms with Gasteiger partial charge in [-0.3, -0.25) is 14.5 Å². The molecule has 1 aliphatic rings. The van der Waals surface area contributed by atoms with Crippen molar-refractivity contribution in [3.8, 4) is 0 Å². The molecule has 2 aromatic rings. The Morgan fingerprint density at radius 2 is 1.85 bits per heavy atom. The minimum absolute atomic E-state index is 0.124. The van der Waals surface area contributed by atoms with Crippen molar-refractivity contribution in [2.45, 2.75) is 25.5 Å². The molecule has 1 heterocycles. The summed E-state index contributed by atoms with van der Waals surface area (Å²) < 4.78 is 5.75. The topological polar surface area (TPSA) is 78.9 Å². The molecule has 2 N–H and O–H groups in total. The molecule has 0 aliphatic carbocycles. The quantitative estimate of drug-likeness (QED) is 0.785. The number of carbonyl (C=O) groups is 2. The first-order valence-electron chi connectivity index (χ1n) is 9.07. The third-order valence-electron chi connectivity index (χ3n) is 4.52. The van der Waals surface area contributed by atoms with Gasteiger partial charge in [-0.05, 0) is 17.2 Å². The molecule has 1 amide bonds. The van der Waals surface area contributed by atoms with E-state index in [4.69, 9.17) is 9.84 Å². The van der Waals surface area contributed by atoms with E-state index in [0.717, 1.165) is 13.1 Å². The van der Waals surface area contributed by atoms with Crippen molar-refractivity contribution in [2.24, 2.45) is 0 Å². The molecule has 2 aromatic carbocycles. The molecule has 1 saturated heterocycles. The van der Waals surface area contributed by atoms with E-state index in [1.54, 1.807) is 24.3 Å². The number of aliphatic carboxylic acids is 1. The van der Waals surface area contributed by atoms with Crippen LogP contribution >= 0.6 is 0 Å². The number of ether oxygens (including phenoxy) is 1. The molecule has 27 heavy (non-hydrogen) atoms. The first-order chi connectivity index (χ1) is 13.1. The molecule has 1 unspecified atom stereocenters. The first kappa shape index (κ1) is 19.1. The smallest absolute Gasteiger partial charge is 0.307 e. The SMILES string of the molecule is O=C(O)Cc1ccccc1NC(=O)CC1CN(Cc2ccccc2)CCO1. The zero-order chi connectivity index (χ0) is 19.1. The maximum Gasteiger partial charge on any atom is 0.307 e. The van der Waals surface area contributed by atoms with Crippen molar-refractivity contribution in [2.75, 3.05) is 25.0 Å². The summed E-state index contributed by atoms with van der Waals surface area (Å²) in [4.78, 5) is 25.7. The molecule has 0 radical (unpaired) electrons. The predicted octanol–water partition coefficient (Wildman–Crippen LogP) is 2.54. The summed E-state index contributed by atoms with van der Waals surface area (Å²) in [7, 11) is 0. The minimum atomic E-state index is -0.927. The van der Waals surface area contributed by atoms with Crippen LogP contribution in [-0.2, 0) is 27.3 Å². The van der Waals surface area contributed by atoms with Crippen LogP contribution in [0.2, 0.25) is 0 Å². The fourth-order valence-electron chi connectivity index (χ4n) is 3.26. The summed E-state index contributed by atoms with van der Waals surface area (Å²) in [6, 6.07) is 17.2. The number of anilines is 1. The molecule has 0 aromatic heterocycles. The van der Waals surface area contributed by atoms with E-state index in [-0.39, 0.29) is 24.9 Å². The Morgan fingerprint density at radius 3 is 2.63 bits per heavy atom. The highest BCUT2D eigenvalue weighted by atomic mass is 16.5. The molecule has 0 saturated carbocycles. The van der Waals surface area contributed by atoms with Crippen molar-refractivity contribution < 1.29 is 19.4 Å². The lowest BCUT2D eigenvalue weighted by molar-refractivity contribution is -0.136. The molecular formula is C21H24N2O4. The molecule has 3 rings (SSSR count). The normalized spacial score (nSPS) is 17.4. The number of nitrogens with zero attached hydrogens (tertiary/aromatic N) is 1. The lowest BCUT2D eigenvalue weighted by atomic mass is 10.1. The van der Waals surface area contributed by atoms with Crippen molar-refractivity contribution in [1.82, 2.24) is 4.90 Å². The van der Waals surface area contributed by atoms with Crippen LogP contribution < -0.4 is 5.32 Å². The van der Waals surface area contributed by atoms with Crippen LogP contribution in [-0.4, -0.2) is 47.7 Å². The molecule has 6 heteroatoms. The number of morpholine rings is 1. The summed E-state index contributed by atoms with van der Waals surface area (Å²) in [5.74, 6) is -1.09. The molecule has 1 atom stereocenters. The van der Waals surface area contributed by atoms with E-state index < -0.39 is 5.97 Å². The largest absolute Gasteiger partial charge is 0.481 e. The van der Waals surface area contributed by atoms with Gasteiger partial charge in [0.2, 0.25) is 5.91 Å². The van der Waals surface area contributed by atoms with E-state index in [9.17, 15) is 9.59 Å². The molecule has 6 nitrogen and oxygen atoms in total. The monoisotopic (exact) mass is 368 g/mol. The number of amides is 1. The summed E-state index contributed by atoms with van der Waals surface area (Å²) >= 11 is 0. The number of rotatable bonds is 7. The number of carbonyl (C=O) groups excluding carboxylic acids is 1. The van der Waals surface area contributed by atoms with Crippen LogP contribution in [0.4, 0.5) is 5.69 Å². The van der Waals surface area contributed by atoms with Gasteiger partial charge in [0.05, 0.1) is 25.6 Å². The molecule has 0 spiro atoms. The second-order valence-electron chi connectivity index (χ2n) is 6.69. The van der Waals surface area contributed by atoms with Crippen LogP contribution in [0, 0.1) is 0 Å². The van der Waals surface area contributed by atoms with Crippen molar-refractivity contribution in [3.63, 3.8) is 0 Å². The highest BCUT2D eigenvalue weighted by molar-refractivity contribution is 5.92. The van der Waals surface area contributed by atoms with Gasteiger partial charge >= 0.3 is 5.97 Å². The number of benzene rings is 2. The standard InChI is InChI=1S/C21H24N2O4/c24-20(22-19-9-5-4-8-17(19)12-21(25)26)13-18-15-23(10-11-27-18)14-16-6-2-1-3-7-16/h1-9,18H,10-15H2,(H,22,24)(H,25,26).